The molecule has 0 aliphatic heterocycles. The van der Waals surface area contributed by atoms with Crippen LogP contribution in [0.1, 0.15) is 48.5 Å². The summed E-state index contributed by atoms with van der Waals surface area (Å²) in [5.74, 6) is 0.191. The second kappa shape index (κ2) is 9.68. The van der Waals surface area contributed by atoms with Crippen molar-refractivity contribution in [3.63, 3.8) is 0 Å². The van der Waals surface area contributed by atoms with E-state index in [4.69, 9.17) is 9.97 Å². The number of pyridine rings is 1. The highest BCUT2D eigenvalue weighted by molar-refractivity contribution is 7.89. The van der Waals surface area contributed by atoms with Crippen molar-refractivity contribution in [1.29, 1.82) is 0 Å². The monoisotopic (exact) mass is 524 g/mol. The Bertz CT molecular complexity index is 1770. The number of rotatable bonds is 5. The average molecular weight is 525 g/mol. The van der Waals surface area contributed by atoms with Gasteiger partial charge in [-0.05, 0) is 55.3 Å². The maximum atomic E-state index is 12.5. The Balaban J connectivity index is 1.45. The van der Waals surface area contributed by atoms with Crippen molar-refractivity contribution in [2.45, 2.75) is 38.1 Å². The number of carbonyl (C=O) groups is 1. The molecule has 192 valence electrons. The number of hydrogen-bond acceptors (Lipinski definition) is 5. The Morgan fingerprint density at radius 2 is 1.63 bits per heavy atom. The first-order chi connectivity index (χ1) is 18.4. The molecule has 1 aliphatic carbocycles. The number of sulfonamides is 1. The van der Waals surface area contributed by atoms with E-state index in [2.05, 4.69) is 34.9 Å². The van der Waals surface area contributed by atoms with E-state index in [9.17, 15) is 13.2 Å². The molecule has 1 saturated carbocycles. The van der Waals surface area contributed by atoms with Gasteiger partial charge in [-0.1, -0.05) is 55.7 Å². The zero-order valence-electron chi connectivity index (χ0n) is 21.1. The number of hydrogen-bond donors (Lipinski definition) is 1. The molecule has 2 aromatic heterocycles. The van der Waals surface area contributed by atoms with Crippen LogP contribution in [0.3, 0.4) is 0 Å². The molecule has 7 nitrogen and oxygen atoms in total. The number of benzene rings is 3. The highest BCUT2D eigenvalue weighted by atomic mass is 32.2. The lowest BCUT2D eigenvalue weighted by molar-refractivity contribution is 0.0982. The lowest BCUT2D eigenvalue weighted by Crippen LogP contribution is -2.29. The number of carbonyl (C=O) groups excluding carboxylic acids is 1. The van der Waals surface area contributed by atoms with E-state index >= 15 is 0 Å². The van der Waals surface area contributed by atoms with Gasteiger partial charge in [0, 0.05) is 28.1 Å². The molecule has 8 heteroatoms. The van der Waals surface area contributed by atoms with E-state index in [0.29, 0.717) is 11.6 Å². The van der Waals surface area contributed by atoms with Crippen molar-refractivity contribution in [1.82, 2.24) is 19.3 Å². The minimum absolute atomic E-state index is 0.263. The summed E-state index contributed by atoms with van der Waals surface area (Å²) in [5, 5.41) is 1.03. The molecule has 1 aliphatic rings. The van der Waals surface area contributed by atoms with Crippen LogP contribution in [0.2, 0.25) is 0 Å². The molecular formula is C30H28N4O3S. The second-order valence-electron chi connectivity index (χ2n) is 9.97. The molecule has 1 amide bonds. The summed E-state index contributed by atoms with van der Waals surface area (Å²) in [6.07, 6.45) is 6.69. The van der Waals surface area contributed by atoms with E-state index in [1.54, 1.807) is 12.1 Å². The molecule has 1 N–H and O–H groups in total. The summed E-state index contributed by atoms with van der Waals surface area (Å²) in [6.45, 7) is 0. The quantitative estimate of drug-likeness (QED) is 0.299. The van der Waals surface area contributed by atoms with Gasteiger partial charge in [-0.15, -0.1) is 0 Å². The topological polar surface area (TPSA) is 93.9 Å². The van der Waals surface area contributed by atoms with Crippen molar-refractivity contribution in [2.24, 2.45) is 0 Å². The molecule has 38 heavy (non-hydrogen) atoms. The van der Waals surface area contributed by atoms with Crippen LogP contribution in [0, 0.1) is 0 Å². The number of imidazole rings is 1. The lowest BCUT2D eigenvalue weighted by Gasteiger charge is -2.25. The zero-order valence-corrected chi connectivity index (χ0v) is 21.9. The lowest BCUT2D eigenvalue weighted by atomic mass is 9.94. The van der Waals surface area contributed by atoms with Gasteiger partial charge in [0.25, 0.3) is 5.91 Å². The summed E-state index contributed by atoms with van der Waals surface area (Å²) in [7, 11) is -3.66. The fourth-order valence-electron chi connectivity index (χ4n) is 5.41. The molecule has 0 bridgehead atoms. The van der Waals surface area contributed by atoms with Crippen LogP contribution >= 0.6 is 0 Å². The van der Waals surface area contributed by atoms with E-state index < -0.39 is 15.9 Å². The minimum Gasteiger partial charge on any atom is -0.321 e. The third kappa shape index (κ3) is 4.79. The molecule has 0 spiro atoms. The number of amides is 1. The third-order valence-corrected chi connectivity index (χ3v) is 7.74. The molecule has 2 heterocycles. The highest BCUT2D eigenvalue weighted by Crippen LogP contribution is 2.37. The molecule has 0 radical (unpaired) electrons. The fourth-order valence-corrected chi connectivity index (χ4v) is 5.87. The Kier molecular flexibility index (Phi) is 6.19. The first kappa shape index (κ1) is 24.3. The van der Waals surface area contributed by atoms with Crippen LogP contribution in [-0.2, 0) is 10.0 Å². The molecule has 3 aromatic carbocycles. The van der Waals surface area contributed by atoms with Gasteiger partial charge < -0.3 is 4.57 Å². The first-order valence-corrected chi connectivity index (χ1v) is 14.8. The summed E-state index contributed by atoms with van der Waals surface area (Å²) in [6, 6.07) is 26.0. The number of nitrogens with one attached hydrogen (secondary N) is 1. The maximum absolute atomic E-state index is 12.5. The van der Waals surface area contributed by atoms with Crippen LogP contribution in [0.25, 0.3) is 44.6 Å². The van der Waals surface area contributed by atoms with Gasteiger partial charge >= 0.3 is 0 Å². The summed E-state index contributed by atoms with van der Waals surface area (Å²) >= 11 is 0. The molecule has 0 unspecified atom stereocenters. The van der Waals surface area contributed by atoms with Crippen molar-refractivity contribution >= 4 is 37.9 Å². The summed E-state index contributed by atoms with van der Waals surface area (Å²) < 4.78 is 27.5. The normalized spacial score (nSPS) is 14.7. The van der Waals surface area contributed by atoms with Crippen molar-refractivity contribution in [3.05, 3.63) is 84.4 Å². The number of nitrogens with zero attached hydrogens (tertiary/aromatic N) is 3. The SMILES string of the molecule is CS(=O)(=O)NC(=O)c1ccc2c(c1)nc(-c1ccc3nc(-c4ccccc4)ccc3c1)n2C1CCCCC1. The van der Waals surface area contributed by atoms with E-state index in [1.165, 1.54) is 19.3 Å². The zero-order chi connectivity index (χ0) is 26.3. The van der Waals surface area contributed by atoms with Crippen molar-refractivity contribution in [2.75, 3.05) is 6.26 Å². The smallest absolute Gasteiger partial charge is 0.264 e. The molecule has 5 aromatic rings. The van der Waals surface area contributed by atoms with Gasteiger partial charge in [0.05, 0.1) is 28.5 Å². The second-order valence-corrected chi connectivity index (χ2v) is 11.7. The van der Waals surface area contributed by atoms with Crippen LogP contribution in [0.4, 0.5) is 0 Å². The van der Waals surface area contributed by atoms with Crippen LogP contribution < -0.4 is 4.72 Å². The van der Waals surface area contributed by atoms with Gasteiger partial charge in [-0.25, -0.2) is 23.1 Å². The van der Waals surface area contributed by atoms with E-state index in [-0.39, 0.29) is 5.56 Å². The van der Waals surface area contributed by atoms with Crippen molar-refractivity contribution in [3.8, 4) is 22.6 Å². The predicted molar refractivity (Wildman–Crippen MR) is 150 cm³/mol. The average Bonchev–Trinajstić information content (AvgIpc) is 3.31. The minimum atomic E-state index is -3.66. The Hall–Kier alpha value is -4.04. The largest absolute Gasteiger partial charge is 0.321 e. The first-order valence-electron chi connectivity index (χ1n) is 12.9. The Morgan fingerprint density at radius 3 is 2.39 bits per heavy atom. The van der Waals surface area contributed by atoms with Crippen LogP contribution in [0.15, 0.2) is 78.9 Å². The molecule has 6 rings (SSSR count). The maximum Gasteiger partial charge on any atom is 0.264 e. The van der Waals surface area contributed by atoms with Gasteiger partial charge in [0.1, 0.15) is 5.82 Å². The summed E-state index contributed by atoms with van der Waals surface area (Å²) in [4.78, 5) is 22.4. The number of aromatic nitrogens is 3. The Labute approximate surface area is 221 Å². The van der Waals surface area contributed by atoms with Gasteiger partial charge in [0.15, 0.2) is 0 Å². The van der Waals surface area contributed by atoms with E-state index in [0.717, 1.165) is 58.2 Å². The van der Waals surface area contributed by atoms with Gasteiger partial charge in [-0.3, -0.25) is 4.79 Å². The molecular weight excluding hydrogens is 496 g/mol. The molecule has 0 atom stereocenters. The van der Waals surface area contributed by atoms with Gasteiger partial charge in [0.2, 0.25) is 10.0 Å². The number of fused-ring (bicyclic) bond motifs is 2. The molecule has 1 fully saturated rings. The molecule has 0 saturated heterocycles. The third-order valence-electron chi connectivity index (χ3n) is 7.19. The van der Waals surface area contributed by atoms with Crippen LogP contribution in [0.5, 0.6) is 0 Å². The Morgan fingerprint density at radius 1 is 0.842 bits per heavy atom. The van der Waals surface area contributed by atoms with Crippen molar-refractivity contribution < 1.29 is 13.2 Å². The summed E-state index contributed by atoms with van der Waals surface area (Å²) in [5.41, 5.74) is 5.78. The highest BCUT2D eigenvalue weighted by Gasteiger charge is 2.23. The van der Waals surface area contributed by atoms with Crippen LogP contribution in [-0.4, -0.2) is 35.1 Å². The van der Waals surface area contributed by atoms with E-state index in [1.807, 2.05) is 41.1 Å². The van der Waals surface area contributed by atoms with Gasteiger partial charge in [-0.2, -0.15) is 0 Å². The predicted octanol–water partition coefficient (Wildman–Crippen LogP) is 6.11. The standard InChI is InChI=1S/C30H28N4O3S/c1-38(36,37)33-30(35)23-14-17-28-27(19-23)32-29(34(28)24-10-6-3-7-11-24)22-13-16-26-21(18-22)12-15-25(31-26)20-8-4-2-5-9-20/h2,4-5,8-9,12-19,24H,3,6-7,10-11H2,1H3,(H,33,35). The fraction of sp³-hybridized carbons (Fsp3) is 0.233.